The molecule has 0 aliphatic heterocycles. The Hall–Kier alpha value is -2.07. The van der Waals surface area contributed by atoms with Crippen molar-refractivity contribution in [2.24, 2.45) is 0 Å². The van der Waals surface area contributed by atoms with Crippen molar-refractivity contribution >= 4 is 17.5 Å². The van der Waals surface area contributed by atoms with Crippen LogP contribution in [0.3, 0.4) is 0 Å². The van der Waals surface area contributed by atoms with Gasteiger partial charge in [-0.05, 0) is 11.6 Å². The lowest BCUT2D eigenvalue weighted by atomic mass is 10.1. The molecule has 0 saturated carbocycles. The number of nitrogens with zero attached hydrogens (tertiary/aromatic N) is 2. The first-order valence-corrected chi connectivity index (χ1v) is 6.78. The summed E-state index contributed by atoms with van der Waals surface area (Å²) in [6, 6.07) is 11.2. The summed E-state index contributed by atoms with van der Waals surface area (Å²) in [6.07, 6.45) is 2.74. The highest BCUT2D eigenvalue weighted by Crippen LogP contribution is 2.18. The molecular formula is C15H15ClN2O2. The summed E-state index contributed by atoms with van der Waals surface area (Å²) in [7, 11) is 0. The van der Waals surface area contributed by atoms with Crippen LogP contribution in [0.5, 0.6) is 5.75 Å². The van der Waals surface area contributed by atoms with E-state index in [4.69, 9.17) is 11.6 Å². The van der Waals surface area contributed by atoms with Crippen LogP contribution in [0.2, 0.25) is 0 Å². The number of pyridine rings is 1. The summed E-state index contributed by atoms with van der Waals surface area (Å²) in [4.78, 5) is 17.8. The number of aromatic nitrogens is 1. The first-order valence-electron chi connectivity index (χ1n) is 6.24. The van der Waals surface area contributed by atoms with Crippen molar-refractivity contribution in [3.05, 3.63) is 59.9 Å². The van der Waals surface area contributed by atoms with E-state index < -0.39 is 0 Å². The summed E-state index contributed by atoms with van der Waals surface area (Å²) in [6.45, 7) is 0.866. The number of aromatic hydroxyl groups is 1. The van der Waals surface area contributed by atoms with E-state index in [1.54, 1.807) is 4.90 Å². The SMILES string of the molecule is O=C(c1ccncc1O)N(CCCl)Cc1ccccc1. The minimum Gasteiger partial charge on any atom is -0.505 e. The van der Waals surface area contributed by atoms with Gasteiger partial charge in [0.15, 0.2) is 0 Å². The van der Waals surface area contributed by atoms with Crippen LogP contribution in [0.1, 0.15) is 15.9 Å². The average Bonchev–Trinajstić information content (AvgIpc) is 2.48. The summed E-state index contributed by atoms with van der Waals surface area (Å²) >= 11 is 5.77. The predicted octanol–water partition coefficient (Wildman–Crippen LogP) is 2.67. The molecular weight excluding hydrogens is 276 g/mol. The van der Waals surface area contributed by atoms with Crippen LogP contribution in [0, 0.1) is 0 Å². The number of hydrogen-bond acceptors (Lipinski definition) is 3. The van der Waals surface area contributed by atoms with Gasteiger partial charge in [-0.25, -0.2) is 0 Å². The second kappa shape index (κ2) is 6.91. The molecule has 0 bridgehead atoms. The van der Waals surface area contributed by atoms with Crippen molar-refractivity contribution in [2.75, 3.05) is 12.4 Å². The van der Waals surface area contributed by atoms with E-state index in [2.05, 4.69) is 4.98 Å². The van der Waals surface area contributed by atoms with Gasteiger partial charge in [-0.15, -0.1) is 11.6 Å². The van der Waals surface area contributed by atoms with Crippen molar-refractivity contribution in [3.8, 4) is 5.75 Å². The zero-order valence-electron chi connectivity index (χ0n) is 10.9. The Morgan fingerprint density at radius 2 is 2.00 bits per heavy atom. The molecule has 5 heteroatoms. The summed E-state index contributed by atoms with van der Waals surface area (Å²) in [5.41, 5.74) is 1.25. The number of hydrogen-bond donors (Lipinski definition) is 1. The Bertz CT molecular complexity index is 575. The van der Waals surface area contributed by atoms with Gasteiger partial charge in [0.2, 0.25) is 0 Å². The number of rotatable bonds is 5. The maximum Gasteiger partial charge on any atom is 0.258 e. The van der Waals surface area contributed by atoms with Gasteiger partial charge in [0, 0.05) is 25.2 Å². The molecule has 1 amide bonds. The maximum absolute atomic E-state index is 12.4. The summed E-state index contributed by atoms with van der Waals surface area (Å²) < 4.78 is 0. The van der Waals surface area contributed by atoms with Crippen molar-refractivity contribution in [2.45, 2.75) is 6.54 Å². The molecule has 2 aromatic rings. The Kier molecular flexibility index (Phi) is 4.96. The normalized spacial score (nSPS) is 10.2. The van der Waals surface area contributed by atoms with Crippen LogP contribution in [0.25, 0.3) is 0 Å². The number of benzene rings is 1. The van der Waals surface area contributed by atoms with Crippen LogP contribution in [0.4, 0.5) is 0 Å². The molecule has 20 heavy (non-hydrogen) atoms. The van der Waals surface area contributed by atoms with Gasteiger partial charge in [-0.3, -0.25) is 9.78 Å². The number of carbonyl (C=O) groups excluding carboxylic acids is 1. The highest BCUT2D eigenvalue weighted by molar-refractivity contribution is 6.18. The highest BCUT2D eigenvalue weighted by atomic mass is 35.5. The van der Waals surface area contributed by atoms with Crippen molar-refractivity contribution < 1.29 is 9.90 Å². The summed E-state index contributed by atoms with van der Waals surface area (Å²) in [5.74, 6) is -0.0377. The molecule has 4 nitrogen and oxygen atoms in total. The molecule has 104 valence electrons. The van der Waals surface area contributed by atoms with E-state index >= 15 is 0 Å². The lowest BCUT2D eigenvalue weighted by Gasteiger charge is -2.22. The average molecular weight is 291 g/mol. The molecule has 0 radical (unpaired) electrons. The third-order valence-electron chi connectivity index (χ3n) is 2.89. The largest absolute Gasteiger partial charge is 0.505 e. The fourth-order valence-electron chi connectivity index (χ4n) is 1.90. The van der Waals surface area contributed by atoms with E-state index in [0.29, 0.717) is 19.0 Å². The molecule has 0 saturated heterocycles. The molecule has 1 N–H and O–H groups in total. The molecule has 1 aromatic heterocycles. The first kappa shape index (κ1) is 14.3. The van der Waals surface area contributed by atoms with Crippen molar-refractivity contribution in [1.82, 2.24) is 9.88 Å². The maximum atomic E-state index is 12.4. The fourth-order valence-corrected chi connectivity index (χ4v) is 2.10. The van der Waals surface area contributed by atoms with Crippen LogP contribution in [-0.2, 0) is 6.54 Å². The standard InChI is InChI=1S/C15H15ClN2O2/c16-7-9-18(11-12-4-2-1-3-5-12)15(20)13-6-8-17-10-14(13)19/h1-6,8,10,19H,7,9,11H2. The molecule has 0 aliphatic carbocycles. The highest BCUT2D eigenvalue weighted by Gasteiger charge is 2.18. The van der Waals surface area contributed by atoms with Gasteiger partial charge in [0.25, 0.3) is 5.91 Å². The minimum atomic E-state index is -0.255. The second-order valence-corrected chi connectivity index (χ2v) is 4.67. The molecule has 0 atom stereocenters. The zero-order valence-corrected chi connectivity index (χ0v) is 11.6. The minimum absolute atomic E-state index is 0.120. The Morgan fingerprint density at radius 3 is 2.65 bits per heavy atom. The monoisotopic (exact) mass is 290 g/mol. The van der Waals surface area contributed by atoms with Crippen LogP contribution >= 0.6 is 11.6 Å². The topological polar surface area (TPSA) is 53.4 Å². The van der Waals surface area contributed by atoms with Gasteiger partial charge in [0.05, 0.1) is 11.8 Å². The smallest absolute Gasteiger partial charge is 0.258 e. The van der Waals surface area contributed by atoms with Gasteiger partial charge in [-0.2, -0.15) is 0 Å². The number of alkyl halides is 1. The van der Waals surface area contributed by atoms with Gasteiger partial charge >= 0.3 is 0 Å². The molecule has 1 heterocycles. The number of carbonyl (C=O) groups is 1. The third kappa shape index (κ3) is 3.48. The van der Waals surface area contributed by atoms with Gasteiger partial charge in [-0.1, -0.05) is 30.3 Å². The van der Waals surface area contributed by atoms with Crippen molar-refractivity contribution in [3.63, 3.8) is 0 Å². The number of amides is 1. The van der Waals surface area contributed by atoms with Gasteiger partial charge < -0.3 is 10.0 Å². The first-order chi connectivity index (χ1) is 9.72. The third-order valence-corrected chi connectivity index (χ3v) is 3.06. The molecule has 0 fully saturated rings. The fraction of sp³-hybridized carbons (Fsp3) is 0.200. The lowest BCUT2D eigenvalue weighted by molar-refractivity contribution is 0.0750. The van der Waals surface area contributed by atoms with Crippen LogP contribution < -0.4 is 0 Å². The Morgan fingerprint density at radius 1 is 1.25 bits per heavy atom. The van der Waals surface area contributed by atoms with Gasteiger partial charge in [0.1, 0.15) is 5.75 Å². The summed E-state index contributed by atoms with van der Waals surface area (Å²) in [5, 5.41) is 9.72. The second-order valence-electron chi connectivity index (χ2n) is 4.29. The van der Waals surface area contributed by atoms with E-state index in [1.165, 1.54) is 18.5 Å². The van der Waals surface area contributed by atoms with Crippen LogP contribution in [-0.4, -0.2) is 33.3 Å². The zero-order chi connectivity index (χ0) is 14.4. The lowest BCUT2D eigenvalue weighted by Crippen LogP contribution is -2.32. The van der Waals surface area contributed by atoms with Crippen LogP contribution in [0.15, 0.2) is 48.8 Å². The van der Waals surface area contributed by atoms with E-state index in [-0.39, 0.29) is 17.2 Å². The molecule has 2 rings (SSSR count). The Labute approximate surface area is 122 Å². The quantitative estimate of drug-likeness (QED) is 0.861. The Balaban J connectivity index is 2.20. The molecule has 1 aromatic carbocycles. The molecule has 0 aliphatic rings. The molecule has 0 unspecified atom stereocenters. The molecule has 0 spiro atoms. The number of halogens is 1. The van der Waals surface area contributed by atoms with E-state index in [0.717, 1.165) is 5.56 Å². The van der Waals surface area contributed by atoms with E-state index in [1.807, 2.05) is 30.3 Å². The van der Waals surface area contributed by atoms with E-state index in [9.17, 15) is 9.90 Å². The predicted molar refractivity (Wildman–Crippen MR) is 77.8 cm³/mol. The van der Waals surface area contributed by atoms with Crippen molar-refractivity contribution in [1.29, 1.82) is 0 Å².